The van der Waals surface area contributed by atoms with Gasteiger partial charge in [0.15, 0.2) is 0 Å². The first kappa shape index (κ1) is 23.8. The van der Waals surface area contributed by atoms with E-state index in [0.29, 0.717) is 12.0 Å². The standard InChI is InChI=1S/C29H41NO/c1-2-3-5-8-24-10-16-27(17-11-24)28-18-12-26(13-19-28)23-31-29-20-14-25(15-21-29)9-6-4-7-22-30/h4,6-7,9-11,16-17,25-26,28-29H,2-3,5,8,12-15,18-21,23H2,1H3/b7-4+,9-6+. The van der Waals surface area contributed by atoms with Crippen molar-refractivity contribution in [2.45, 2.75) is 96.0 Å². The summed E-state index contributed by atoms with van der Waals surface area (Å²) in [5.74, 6) is 2.15. The zero-order chi connectivity index (χ0) is 21.7. The first-order chi connectivity index (χ1) is 15.3. The Morgan fingerprint density at radius 3 is 2.35 bits per heavy atom. The van der Waals surface area contributed by atoms with E-state index in [4.69, 9.17) is 10.00 Å². The molecule has 0 bridgehead atoms. The summed E-state index contributed by atoms with van der Waals surface area (Å²) >= 11 is 0. The molecule has 0 radical (unpaired) electrons. The SMILES string of the molecule is CCCCCc1ccc(C2CCC(COC3CCC(/C=C/C=C/C#N)CC3)CC2)cc1. The minimum Gasteiger partial charge on any atom is -0.378 e. The molecule has 31 heavy (non-hydrogen) atoms. The Bertz CT molecular complexity index is 710. The summed E-state index contributed by atoms with van der Waals surface area (Å²) in [6.07, 6.45) is 23.3. The molecule has 0 aliphatic heterocycles. The van der Waals surface area contributed by atoms with E-state index in [2.05, 4.69) is 37.3 Å². The zero-order valence-corrected chi connectivity index (χ0v) is 19.5. The van der Waals surface area contributed by atoms with Crippen molar-refractivity contribution in [2.75, 3.05) is 6.61 Å². The van der Waals surface area contributed by atoms with Crippen LogP contribution in [0.5, 0.6) is 0 Å². The molecule has 0 saturated heterocycles. The monoisotopic (exact) mass is 419 g/mol. The van der Waals surface area contributed by atoms with Crippen LogP contribution in [0.4, 0.5) is 0 Å². The fourth-order valence-electron chi connectivity index (χ4n) is 5.24. The Kier molecular flexibility index (Phi) is 10.4. The lowest BCUT2D eigenvalue weighted by Crippen LogP contribution is -2.25. The summed E-state index contributed by atoms with van der Waals surface area (Å²) in [6.45, 7) is 3.23. The van der Waals surface area contributed by atoms with Gasteiger partial charge in [0.25, 0.3) is 0 Å². The summed E-state index contributed by atoms with van der Waals surface area (Å²) < 4.78 is 6.34. The molecule has 2 saturated carbocycles. The van der Waals surface area contributed by atoms with E-state index in [1.807, 2.05) is 18.2 Å². The molecule has 2 aliphatic carbocycles. The van der Waals surface area contributed by atoms with Crippen molar-refractivity contribution in [1.82, 2.24) is 0 Å². The van der Waals surface area contributed by atoms with E-state index in [9.17, 15) is 0 Å². The maximum atomic E-state index is 8.53. The first-order valence-electron chi connectivity index (χ1n) is 12.7. The van der Waals surface area contributed by atoms with E-state index in [1.54, 1.807) is 5.56 Å². The molecular formula is C29H41NO. The molecule has 2 fully saturated rings. The Morgan fingerprint density at radius 1 is 0.935 bits per heavy atom. The minimum atomic E-state index is 0.456. The highest BCUT2D eigenvalue weighted by Gasteiger charge is 2.25. The van der Waals surface area contributed by atoms with E-state index < -0.39 is 0 Å². The predicted octanol–water partition coefficient (Wildman–Crippen LogP) is 7.90. The number of unbranched alkanes of at least 4 members (excludes halogenated alkanes) is 2. The molecule has 2 heteroatoms. The van der Waals surface area contributed by atoms with Crippen molar-refractivity contribution in [3.8, 4) is 6.07 Å². The summed E-state index contributed by atoms with van der Waals surface area (Å²) in [6, 6.07) is 11.6. The van der Waals surface area contributed by atoms with Crippen LogP contribution in [0.3, 0.4) is 0 Å². The first-order valence-corrected chi connectivity index (χ1v) is 12.7. The number of benzene rings is 1. The van der Waals surface area contributed by atoms with Crippen molar-refractivity contribution in [3.63, 3.8) is 0 Å². The molecule has 1 aromatic carbocycles. The Hall–Kier alpha value is -1.85. The third kappa shape index (κ3) is 8.30. The number of ether oxygens (including phenoxy) is 1. The van der Waals surface area contributed by atoms with Crippen LogP contribution in [-0.4, -0.2) is 12.7 Å². The quantitative estimate of drug-likeness (QED) is 0.219. The van der Waals surface area contributed by atoms with Gasteiger partial charge in [-0.3, -0.25) is 0 Å². The van der Waals surface area contributed by atoms with Gasteiger partial charge in [-0.05, 0) is 93.1 Å². The van der Waals surface area contributed by atoms with Gasteiger partial charge in [0.05, 0.1) is 12.2 Å². The fourth-order valence-corrected chi connectivity index (χ4v) is 5.24. The second kappa shape index (κ2) is 13.5. The lowest BCUT2D eigenvalue weighted by atomic mass is 9.78. The normalized spacial score (nSPS) is 27.0. The van der Waals surface area contributed by atoms with E-state index in [-0.39, 0.29) is 0 Å². The highest BCUT2D eigenvalue weighted by atomic mass is 16.5. The van der Waals surface area contributed by atoms with Crippen LogP contribution >= 0.6 is 0 Å². The molecule has 3 rings (SSSR count). The zero-order valence-electron chi connectivity index (χ0n) is 19.5. The van der Waals surface area contributed by atoms with E-state index >= 15 is 0 Å². The second-order valence-corrected chi connectivity index (χ2v) is 9.66. The van der Waals surface area contributed by atoms with Crippen LogP contribution < -0.4 is 0 Å². The molecule has 0 heterocycles. The Balaban J connectivity index is 1.31. The molecule has 2 aliphatic rings. The number of allylic oxidation sites excluding steroid dienone is 4. The summed E-state index contributed by atoms with van der Waals surface area (Å²) in [4.78, 5) is 0. The summed E-state index contributed by atoms with van der Waals surface area (Å²) in [5.41, 5.74) is 3.05. The lowest BCUT2D eigenvalue weighted by molar-refractivity contribution is -0.00456. The van der Waals surface area contributed by atoms with Gasteiger partial charge in [-0.2, -0.15) is 5.26 Å². The van der Waals surface area contributed by atoms with E-state index in [0.717, 1.165) is 18.4 Å². The second-order valence-electron chi connectivity index (χ2n) is 9.66. The highest BCUT2D eigenvalue weighted by Crippen LogP contribution is 2.37. The van der Waals surface area contributed by atoms with Gasteiger partial charge in [-0.15, -0.1) is 0 Å². The number of hydrogen-bond acceptors (Lipinski definition) is 2. The lowest BCUT2D eigenvalue weighted by Gasteiger charge is -2.32. The average Bonchev–Trinajstić information content (AvgIpc) is 2.82. The number of aryl methyl sites for hydroxylation is 1. The van der Waals surface area contributed by atoms with Crippen LogP contribution in [-0.2, 0) is 11.2 Å². The third-order valence-corrected chi connectivity index (χ3v) is 7.32. The predicted molar refractivity (Wildman–Crippen MR) is 130 cm³/mol. The number of hydrogen-bond donors (Lipinski definition) is 0. The van der Waals surface area contributed by atoms with Crippen LogP contribution in [0.15, 0.2) is 48.6 Å². The van der Waals surface area contributed by atoms with Crippen LogP contribution in [0.2, 0.25) is 0 Å². The average molecular weight is 420 g/mol. The van der Waals surface area contributed by atoms with Gasteiger partial charge < -0.3 is 4.74 Å². The van der Waals surface area contributed by atoms with Crippen molar-refractivity contribution < 1.29 is 4.74 Å². The smallest absolute Gasteiger partial charge is 0.0912 e. The van der Waals surface area contributed by atoms with Crippen LogP contribution in [0.1, 0.15) is 94.6 Å². The Morgan fingerprint density at radius 2 is 1.68 bits per heavy atom. The number of nitriles is 1. The van der Waals surface area contributed by atoms with Crippen molar-refractivity contribution in [1.29, 1.82) is 5.26 Å². The van der Waals surface area contributed by atoms with Gasteiger partial charge in [-0.25, -0.2) is 0 Å². The van der Waals surface area contributed by atoms with Crippen LogP contribution in [0.25, 0.3) is 0 Å². The highest BCUT2D eigenvalue weighted by molar-refractivity contribution is 5.26. The molecule has 0 unspecified atom stereocenters. The molecule has 0 atom stereocenters. The van der Waals surface area contributed by atoms with Crippen molar-refractivity contribution in [3.05, 3.63) is 59.7 Å². The van der Waals surface area contributed by atoms with Gasteiger partial charge in [0.1, 0.15) is 0 Å². The largest absolute Gasteiger partial charge is 0.378 e. The van der Waals surface area contributed by atoms with Crippen molar-refractivity contribution >= 4 is 0 Å². The van der Waals surface area contributed by atoms with E-state index in [1.165, 1.54) is 88.7 Å². The molecule has 168 valence electrons. The molecule has 0 N–H and O–H groups in total. The fraction of sp³-hybridized carbons (Fsp3) is 0.621. The molecule has 2 nitrogen and oxygen atoms in total. The van der Waals surface area contributed by atoms with Crippen molar-refractivity contribution in [2.24, 2.45) is 11.8 Å². The van der Waals surface area contributed by atoms with Gasteiger partial charge in [-0.1, -0.05) is 62.3 Å². The maximum Gasteiger partial charge on any atom is 0.0912 e. The number of nitrogens with zero attached hydrogens (tertiary/aromatic N) is 1. The minimum absolute atomic E-state index is 0.456. The Labute approximate surface area is 190 Å². The topological polar surface area (TPSA) is 33.0 Å². The third-order valence-electron chi connectivity index (χ3n) is 7.32. The number of rotatable bonds is 10. The van der Waals surface area contributed by atoms with Crippen LogP contribution in [0, 0.1) is 23.2 Å². The van der Waals surface area contributed by atoms with Gasteiger partial charge >= 0.3 is 0 Å². The summed E-state index contributed by atoms with van der Waals surface area (Å²) in [7, 11) is 0. The molecule has 0 aromatic heterocycles. The molecule has 0 amide bonds. The molecule has 0 spiro atoms. The summed E-state index contributed by atoms with van der Waals surface area (Å²) in [5, 5.41) is 8.53. The molecular weight excluding hydrogens is 378 g/mol. The maximum absolute atomic E-state index is 8.53. The molecule has 1 aromatic rings. The van der Waals surface area contributed by atoms with Gasteiger partial charge in [0.2, 0.25) is 0 Å². The van der Waals surface area contributed by atoms with Gasteiger partial charge in [0, 0.05) is 12.7 Å².